The summed E-state index contributed by atoms with van der Waals surface area (Å²) in [7, 11) is 0. The molecule has 1 aromatic carbocycles. The van der Waals surface area contributed by atoms with Crippen LogP contribution in [0.25, 0.3) is 11.3 Å². The summed E-state index contributed by atoms with van der Waals surface area (Å²) >= 11 is 0. The van der Waals surface area contributed by atoms with Crippen LogP contribution in [0.1, 0.15) is 13.8 Å². The molecule has 0 spiro atoms. The lowest BCUT2D eigenvalue weighted by Gasteiger charge is -2.42. The Balaban J connectivity index is 1.43. The normalized spacial score (nSPS) is 19.8. The number of hydrogen-bond donors (Lipinski definition) is 0. The Morgan fingerprint density at radius 2 is 1.96 bits per heavy atom. The van der Waals surface area contributed by atoms with Crippen LogP contribution in [0.15, 0.2) is 42.7 Å². The van der Waals surface area contributed by atoms with Gasteiger partial charge in [0.2, 0.25) is 5.91 Å². The Hall–Kier alpha value is -2.47. The van der Waals surface area contributed by atoms with E-state index in [4.69, 9.17) is 4.74 Å². The van der Waals surface area contributed by atoms with Crippen LogP contribution < -0.4 is 4.90 Å². The smallest absolute Gasteiger partial charge is 0.231 e. The van der Waals surface area contributed by atoms with E-state index >= 15 is 0 Å². The molecular weight excluding hydrogens is 316 g/mol. The first-order valence-corrected chi connectivity index (χ1v) is 8.56. The zero-order chi connectivity index (χ0) is 17.4. The highest BCUT2D eigenvalue weighted by molar-refractivity contribution is 5.83. The maximum atomic E-state index is 12.7. The zero-order valence-electron chi connectivity index (χ0n) is 14.6. The number of rotatable bonds is 3. The van der Waals surface area contributed by atoms with Crippen molar-refractivity contribution in [2.75, 3.05) is 31.3 Å². The molecule has 1 amide bonds. The molecule has 1 aromatic heterocycles. The molecule has 0 unspecified atom stereocenters. The first-order valence-electron chi connectivity index (χ1n) is 8.56. The van der Waals surface area contributed by atoms with Crippen molar-refractivity contribution in [1.82, 2.24) is 14.9 Å². The maximum absolute atomic E-state index is 12.7. The van der Waals surface area contributed by atoms with Gasteiger partial charge in [-0.05, 0) is 13.8 Å². The van der Waals surface area contributed by atoms with Gasteiger partial charge < -0.3 is 14.5 Å². The van der Waals surface area contributed by atoms with Crippen LogP contribution in [0.2, 0.25) is 0 Å². The molecule has 25 heavy (non-hydrogen) atoms. The maximum Gasteiger partial charge on any atom is 0.231 e. The summed E-state index contributed by atoms with van der Waals surface area (Å²) in [5.41, 5.74) is 1.75. The summed E-state index contributed by atoms with van der Waals surface area (Å²) in [5, 5.41) is 0. The molecule has 2 saturated heterocycles. The number of carbonyl (C=O) groups excluding carboxylic acids is 1. The SMILES string of the molecule is CC1(C)COCN1C(=O)C1CN(c2cc(-c3ccccc3)ncn2)C1. The molecule has 0 N–H and O–H groups in total. The standard InChI is InChI=1S/C19H22N4O2/c1-19(2)11-25-13-23(19)18(24)15-9-22(10-15)17-8-16(20-12-21-17)14-6-4-3-5-7-14/h3-8,12,15H,9-11,13H2,1-2H3. The second-order valence-corrected chi connectivity index (χ2v) is 7.29. The lowest BCUT2D eigenvalue weighted by atomic mass is 9.95. The van der Waals surface area contributed by atoms with Crippen LogP contribution in [0.5, 0.6) is 0 Å². The largest absolute Gasteiger partial charge is 0.359 e. The van der Waals surface area contributed by atoms with Crippen molar-refractivity contribution in [3.05, 3.63) is 42.7 Å². The number of anilines is 1. The van der Waals surface area contributed by atoms with Crippen LogP contribution in [0.4, 0.5) is 5.82 Å². The fourth-order valence-electron chi connectivity index (χ4n) is 3.33. The molecule has 0 bridgehead atoms. The number of carbonyl (C=O) groups is 1. The van der Waals surface area contributed by atoms with Crippen LogP contribution in [-0.4, -0.2) is 52.7 Å². The molecule has 2 aliphatic heterocycles. The zero-order valence-corrected chi connectivity index (χ0v) is 14.6. The van der Waals surface area contributed by atoms with E-state index in [1.165, 1.54) is 0 Å². The van der Waals surface area contributed by atoms with Crippen LogP contribution in [-0.2, 0) is 9.53 Å². The second kappa shape index (κ2) is 6.11. The van der Waals surface area contributed by atoms with Gasteiger partial charge in [0.15, 0.2) is 0 Å². The molecule has 130 valence electrons. The highest BCUT2D eigenvalue weighted by atomic mass is 16.5. The third kappa shape index (κ3) is 2.98. The Labute approximate surface area is 147 Å². The number of amides is 1. The predicted molar refractivity (Wildman–Crippen MR) is 94.9 cm³/mol. The molecule has 2 aliphatic rings. The van der Waals surface area contributed by atoms with Gasteiger partial charge in [-0.2, -0.15) is 0 Å². The van der Waals surface area contributed by atoms with Gasteiger partial charge in [0.25, 0.3) is 0 Å². The molecule has 6 nitrogen and oxygen atoms in total. The number of aromatic nitrogens is 2. The van der Waals surface area contributed by atoms with Crippen molar-refractivity contribution in [2.24, 2.45) is 5.92 Å². The number of nitrogens with zero attached hydrogens (tertiary/aromatic N) is 4. The fraction of sp³-hybridized carbons (Fsp3) is 0.421. The van der Waals surface area contributed by atoms with Gasteiger partial charge in [0.1, 0.15) is 18.9 Å². The summed E-state index contributed by atoms with van der Waals surface area (Å²) in [6.07, 6.45) is 1.59. The van der Waals surface area contributed by atoms with E-state index in [-0.39, 0.29) is 17.4 Å². The van der Waals surface area contributed by atoms with E-state index in [0.717, 1.165) is 17.1 Å². The van der Waals surface area contributed by atoms with Gasteiger partial charge in [0.05, 0.1) is 23.8 Å². The van der Waals surface area contributed by atoms with E-state index in [9.17, 15) is 4.79 Å². The van der Waals surface area contributed by atoms with Crippen LogP contribution in [0, 0.1) is 5.92 Å². The molecule has 0 radical (unpaired) electrons. The lowest BCUT2D eigenvalue weighted by Crippen LogP contribution is -2.57. The van der Waals surface area contributed by atoms with E-state index in [1.807, 2.05) is 55.1 Å². The highest BCUT2D eigenvalue weighted by Gasteiger charge is 2.43. The molecule has 2 aromatic rings. The van der Waals surface area contributed by atoms with Gasteiger partial charge in [-0.25, -0.2) is 9.97 Å². The predicted octanol–water partition coefficient (Wildman–Crippen LogP) is 2.17. The summed E-state index contributed by atoms with van der Waals surface area (Å²) < 4.78 is 5.46. The van der Waals surface area contributed by atoms with Crippen molar-refractivity contribution in [3.8, 4) is 11.3 Å². The molecule has 3 heterocycles. The van der Waals surface area contributed by atoms with E-state index < -0.39 is 0 Å². The number of benzene rings is 1. The summed E-state index contributed by atoms with van der Waals surface area (Å²) in [4.78, 5) is 25.4. The molecule has 0 aliphatic carbocycles. The van der Waals surface area contributed by atoms with Crippen LogP contribution >= 0.6 is 0 Å². The van der Waals surface area contributed by atoms with Gasteiger partial charge in [-0.15, -0.1) is 0 Å². The molecule has 0 saturated carbocycles. The monoisotopic (exact) mass is 338 g/mol. The Morgan fingerprint density at radius 1 is 1.20 bits per heavy atom. The van der Waals surface area contributed by atoms with E-state index in [0.29, 0.717) is 26.4 Å². The van der Waals surface area contributed by atoms with E-state index in [2.05, 4.69) is 14.9 Å². The minimum absolute atomic E-state index is 0.0103. The Kier molecular flexibility index (Phi) is 3.92. The van der Waals surface area contributed by atoms with Crippen LogP contribution in [0.3, 0.4) is 0 Å². The molecule has 0 atom stereocenters. The minimum atomic E-state index is -0.215. The van der Waals surface area contributed by atoms with E-state index in [1.54, 1.807) is 6.33 Å². The number of ether oxygens (including phenoxy) is 1. The third-order valence-electron chi connectivity index (χ3n) is 4.95. The third-order valence-corrected chi connectivity index (χ3v) is 4.95. The van der Waals surface area contributed by atoms with Gasteiger partial charge in [0, 0.05) is 24.7 Å². The highest BCUT2D eigenvalue weighted by Crippen LogP contribution is 2.30. The average molecular weight is 338 g/mol. The van der Waals surface area contributed by atoms with Crippen molar-refractivity contribution in [1.29, 1.82) is 0 Å². The Bertz CT molecular complexity index is 772. The summed E-state index contributed by atoms with van der Waals surface area (Å²) in [6.45, 7) is 6.47. The van der Waals surface area contributed by atoms with Crippen molar-refractivity contribution >= 4 is 11.7 Å². The minimum Gasteiger partial charge on any atom is -0.359 e. The second-order valence-electron chi connectivity index (χ2n) is 7.29. The summed E-state index contributed by atoms with van der Waals surface area (Å²) in [6, 6.07) is 12.0. The number of hydrogen-bond acceptors (Lipinski definition) is 5. The lowest BCUT2D eigenvalue weighted by molar-refractivity contribution is -0.140. The van der Waals surface area contributed by atoms with Crippen molar-refractivity contribution < 1.29 is 9.53 Å². The fourth-order valence-corrected chi connectivity index (χ4v) is 3.33. The van der Waals surface area contributed by atoms with Gasteiger partial charge in [-0.3, -0.25) is 4.79 Å². The Morgan fingerprint density at radius 3 is 2.64 bits per heavy atom. The topological polar surface area (TPSA) is 58.6 Å². The molecule has 4 rings (SSSR count). The van der Waals surface area contributed by atoms with Crippen molar-refractivity contribution in [3.63, 3.8) is 0 Å². The average Bonchev–Trinajstić information content (AvgIpc) is 2.94. The van der Waals surface area contributed by atoms with Gasteiger partial charge in [-0.1, -0.05) is 30.3 Å². The van der Waals surface area contributed by atoms with Crippen molar-refractivity contribution in [2.45, 2.75) is 19.4 Å². The first kappa shape index (κ1) is 16.0. The van der Waals surface area contributed by atoms with Gasteiger partial charge >= 0.3 is 0 Å². The molecular formula is C19H22N4O2. The first-order chi connectivity index (χ1) is 12.0. The quantitative estimate of drug-likeness (QED) is 0.858. The summed E-state index contributed by atoms with van der Waals surface area (Å²) in [5.74, 6) is 1.06. The molecule has 6 heteroatoms. The molecule has 2 fully saturated rings.